The van der Waals surface area contributed by atoms with Crippen molar-refractivity contribution in [3.8, 4) is 12.1 Å². The molecule has 0 N–H and O–H groups in total. The number of rotatable bonds is 3. The van der Waals surface area contributed by atoms with Crippen molar-refractivity contribution in [1.29, 1.82) is 10.5 Å². The Morgan fingerprint density at radius 2 is 1.80 bits per heavy atom. The number of nitriles is 2. The number of nitrogens with zero attached hydrogens (tertiary/aromatic N) is 3. The van der Waals surface area contributed by atoms with Crippen molar-refractivity contribution in [2.24, 2.45) is 17.3 Å². The number of hydrogen-bond acceptors (Lipinski definition) is 3. The molecule has 4 heteroatoms. The van der Waals surface area contributed by atoms with Crippen LogP contribution in [0.15, 0.2) is 47.5 Å². The molecule has 3 aliphatic heterocycles. The van der Waals surface area contributed by atoms with Gasteiger partial charge in [0.15, 0.2) is 5.92 Å². The molecule has 0 saturated heterocycles. The highest BCUT2D eigenvalue weighted by Gasteiger charge is 2.38. The molecular formula is C31H38N3O+. The van der Waals surface area contributed by atoms with E-state index in [0.29, 0.717) is 23.2 Å². The first kappa shape index (κ1) is 25.0. The summed E-state index contributed by atoms with van der Waals surface area (Å²) in [6.45, 7) is 17.9. The van der Waals surface area contributed by atoms with Gasteiger partial charge in [0.25, 0.3) is 0 Å². The third-order valence-electron chi connectivity index (χ3n) is 7.73. The number of benzene rings is 1. The third kappa shape index (κ3) is 4.85. The molecule has 35 heavy (non-hydrogen) atoms. The van der Waals surface area contributed by atoms with Crippen LogP contribution in [0.4, 0.5) is 0 Å². The Hall–Kier alpha value is -3.11. The second-order valence-electron chi connectivity index (χ2n) is 12.2. The Morgan fingerprint density at radius 3 is 2.43 bits per heavy atom. The fourth-order valence-electron chi connectivity index (χ4n) is 5.47. The van der Waals surface area contributed by atoms with Gasteiger partial charge in [0.05, 0.1) is 12.1 Å². The fraction of sp³-hybridized carbons (Fsp3) is 0.516. The van der Waals surface area contributed by atoms with Gasteiger partial charge in [0, 0.05) is 34.8 Å². The second-order valence-corrected chi connectivity index (χ2v) is 12.2. The Morgan fingerprint density at radius 1 is 1.09 bits per heavy atom. The van der Waals surface area contributed by atoms with Crippen LogP contribution in [0.1, 0.15) is 78.4 Å². The summed E-state index contributed by atoms with van der Waals surface area (Å²) in [6, 6.07) is 8.92. The van der Waals surface area contributed by atoms with E-state index in [0.717, 1.165) is 25.3 Å². The van der Waals surface area contributed by atoms with E-state index in [1.54, 1.807) is 0 Å². The topological polar surface area (TPSA) is 59.8 Å². The predicted octanol–water partition coefficient (Wildman–Crippen LogP) is 5.22. The standard InChI is InChI=1S/C31H38N3O/c1-20(2)25-10-12-34-13-11-31(6,7)27-15-21(14-26(25)29(27)34)8-9-24-16-22(23(18-32)19-33)17-28(35-24)30(3,4)5/h8-9,14-17,20,23,25H,10-13H2,1-7H3/q+1/b21-8-,24-9-. The van der Waals surface area contributed by atoms with Crippen LogP contribution in [0.5, 0.6) is 0 Å². The number of hydrogen-bond donors (Lipinski definition) is 0. The summed E-state index contributed by atoms with van der Waals surface area (Å²) in [5.74, 6) is 1.78. The van der Waals surface area contributed by atoms with Gasteiger partial charge >= 0.3 is 0 Å². The van der Waals surface area contributed by atoms with E-state index in [4.69, 9.17) is 4.74 Å². The number of ether oxygens (including phenoxy) is 1. The first-order valence-electron chi connectivity index (χ1n) is 12.8. The molecule has 0 aromatic heterocycles. The van der Waals surface area contributed by atoms with Crippen LogP contribution in [0.3, 0.4) is 0 Å². The summed E-state index contributed by atoms with van der Waals surface area (Å²) in [4.78, 5) is 0. The average Bonchev–Trinajstić information content (AvgIpc) is 2.80. The monoisotopic (exact) mass is 468 g/mol. The third-order valence-corrected chi connectivity index (χ3v) is 7.73. The molecule has 182 valence electrons. The van der Waals surface area contributed by atoms with Crippen molar-refractivity contribution in [3.05, 3.63) is 69.2 Å². The van der Waals surface area contributed by atoms with E-state index in [9.17, 15) is 10.5 Å². The van der Waals surface area contributed by atoms with E-state index in [-0.39, 0.29) is 10.8 Å². The van der Waals surface area contributed by atoms with Gasteiger partial charge in [-0.1, -0.05) is 54.5 Å². The quantitative estimate of drug-likeness (QED) is 0.572. The maximum atomic E-state index is 9.46. The lowest BCUT2D eigenvalue weighted by Crippen LogP contribution is -2.51. The molecule has 1 unspecified atom stereocenters. The molecular weight excluding hydrogens is 430 g/mol. The SMILES string of the molecule is CC(C)C1CC[N+]2=c3c1c/c(=C/C=C1/C=C(C(C#N)C#N)C=C(C(C)(C)C)O1)cc3C(C)(C)CC2. The Kier molecular flexibility index (Phi) is 6.54. The van der Waals surface area contributed by atoms with Crippen molar-refractivity contribution in [1.82, 2.24) is 4.58 Å². The van der Waals surface area contributed by atoms with Gasteiger partial charge in [-0.3, -0.25) is 0 Å². The van der Waals surface area contributed by atoms with Crippen molar-refractivity contribution in [2.75, 3.05) is 13.1 Å². The molecule has 1 atom stereocenters. The molecule has 3 aliphatic rings. The molecule has 3 heterocycles. The summed E-state index contributed by atoms with van der Waals surface area (Å²) in [5.41, 5.74) is 3.51. The highest BCUT2D eigenvalue weighted by atomic mass is 16.5. The van der Waals surface area contributed by atoms with Crippen molar-refractivity contribution in [2.45, 2.75) is 72.6 Å². The zero-order valence-corrected chi connectivity index (χ0v) is 22.3. The molecule has 0 aliphatic carbocycles. The van der Waals surface area contributed by atoms with Crippen molar-refractivity contribution in [3.63, 3.8) is 0 Å². The van der Waals surface area contributed by atoms with E-state index in [1.165, 1.54) is 28.1 Å². The van der Waals surface area contributed by atoms with Crippen LogP contribution in [-0.4, -0.2) is 13.1 Å². The summed E-state index contributed by atoms with van der Waals surface area (Å²) in [5, 5.41) is 21.6. The normalized spacial score (nSPS) is 22.8. The molecule has 0 fully saturated rings. The van der Waals surface area contributed by atoms with Gasteiger partial charge in [-0.05, 0) is 53.0 Å². The zero-order chi connectivity index (χ0) is 25.5. The fourth-order valence-corrected chi connectivity index (χ4v) is 5.47. The van der Waals surface area contributed by atoms with Gasteiger partial charge in [-0.25, -0.2) is 4.58 Å². The smallest absolute Gasteiger partial charge is 0.207 e. The maximum Gasteiger partial charge on any atom is 0.207 e. The van der Waals surface area contributed by atoms with Crippen molar-refractivity contribution >= 4 is 6.08 Å². The molecule has 0 saturated carbocycles. The average molecular weight is 469 g/mol. The van der Waals surface area contributed by atoms with Gasteiger partial charge in [0.1, 0.15) is 24.6 Å². The summed E-state index contributed by atoms with van der Waals surface area (Å²) < 4.78 is 8.83. The molecule has 4 nitrogen and oxygen atoms in total. The van der Waals surface area contributed by atoms with Crippen LogP contribution in [0, 0.1) is 39.9 Å². The minimum atomic E-state index is -0.813. The summed E-state index contributed by atoms with van der Waals surface area (Å²) in [6.07, 6.45) is 10.2. The lowest BCUT2D eigenvalue weighted by atomic mass is 9.74. The van der Waals surface area contributed by atoms with Crippen LogP contribution in [0.25, 0.3) is 6.08 Å². The highest BCUT2D eigenvalue weighted by molar-refractivity contribution is 5.49. The summed E-state index contributed by atoms with van der Waals surface area (Å²) in [7, 11) is 0. The minimum Gasteiger partial charge on any atom is -0.461 e. The van der Waals surface area contributed by atoms with Gasteiger partial charge in [0.2, 0.25) is 5.36 Å². The van der Waals surface area contributed by atoms with E-state index in [1.807, 2.05) is 18.2 Å². The largest absolute Gasteiger partial charge is 0.461 e. The molecule has 4 rings (SSSR count). The number of allylic oxidation sites excluding steroid dienone is 5. The van der Waals surface area contributed by atoms with E-state index in [2.05, 4.69) is 83.4 Å². The zero-order valence-electron chi connectivity index (χ0n) is 22.3. The van der Waals surface area contributed by atoms with Crippen LogP contribution in [-0.2, 0) is 10.2 Å². The van der Waals surface area contributed by atoms with Gasteiger partial charge in [-0.15, -0.1) is 0 Å². The van der Waals surface area contributed by atoms with Gasteiger partial charge in [-0.2, -0.15) is 10.5 Å². The van der Waals surface area contributed by atoms with Crippen molar-refractivity contribution < 1.29 is 4.74 Å². The van der Waals surface area contributed by atoms with Gasteiger partial charge < -0.3 is 4.74 Å². The van der Waals surface area contributed by atoms with Crippen LogP contribution < -0.4 is 15.2 Å². The second kappa shape index (κ2) is 9.16. The first-order valence-corrected chi connectivity index (χ1v) is 12.8. The molecule has 0 radical (unpaired) electrons. The highest BCUT2D eigenvalue weighted by Crippen LogP contribution is 2.35. The molecule has 0 spiro atoms. The Balaban J connectivity index is 1.87. The first-order chi connectivity index (χ1) is 16.4. The Labute approximate surface area is 210 Å². The lowest BCUT2D eigenvalue weighted by Gasteiger charge is -2.33. The minimum absolute atomic E-state index is 0.139. The summed E-state index contributed by atoms with van der Waals surface area (Å²) >= 11 is 0. The van der Waals surface area contributed by atoms with Crippen LogP contribution in [0.2, 0.25) is 0 Å². The van der Waals surface area contributed by atoms with E-state index < -0.39 is 5.92 Å². The molecule has 1 aromatic carbocycles. The van der Waals surface area contributed by atoms with E-state index >= 15 is 0 Å². The van der Waals surface area contributed by atoms with Crippen LogP contribution >= 0.6 is 0 Å². The maximum absolute atomic E-state index is 9.46. The molecule has 0 bridgehead atoms. The molecule has 1 aromatic rings. The molecule has 0 amide bonds. The lowest BCUT2D eigenvalue weighted by molar-refractivity contribution is 0.222. The predicted molar refractivity (Wildman–Crippen MR) is 140 cm³/mol. The Bertz CT molecular complexity index is 1320.